The molecule has 2 aliphatic carbocycles. The summed E-state index contributed by atoms with van der Waals surface area (Å²) in [5.41, 5.74) is 0. The Morgan fingerprint density at radius 2 is 1.89 bits per heavy atom. The van der Waals surface area contributed by atoms with E-state index in [9.17, 15) is 19.5 Å². The van der Waals surface area contributed by atoms with Crippen LogP contribution in [0.15, 0.2) is 0 Å². The molecule has 3 fully saturated rings. The molecule has 0 spiro atoms. The highest BCUT2D eigenvalue weighted by atomic mass is 16.5. The van der Waals surface area contributed by atoms with E-state index in [4.69, 9.17) is 4.74 Å². The molecule has 3 aliphatic rings. The van der Waals surface area contributed by atoms with Crippen molar-refractivity contribution in [3.8, 4) is 0 Å². The Labute approximate surface area is 160 Å². The largest absolute Gasteiger partial charge is 0.480 e. The maximum Gasteiger partial charge on any atom is 0.326 e. The van der Waals surface area contributed by atoms with Crippen LogP contribution in [0, 0.1) is 11.8 Å². The minimum Gasteiger partial charge on any atom is -0.480 e. The first-order valence-corrected chi connectivity index (χ1v) is 10.4. The lowest BCUT2D eigenvalue weighted by atomic mass is 9.84. The summed E-state index contributed by atoms with van der Waals surface area (Å²) in [6.45, 7) is 3.81. The molecule has 1 heterocycles. The van der Waals surface area contributed by atoms with Gasteiger partial charge in [0.05, 0.1) is 12.6 Å². The summed E-state index contributed by atoms with van der Waals surface area (Å²) >= 11 is 0. The molecule has 27 heavy (non-hydrogen) atoms. The molecule has 5 atom stereocenters. The van der Waals surface area contributed by atoms with Crippen LogP contribution in [-0.2, 0) is 19.1 Å². The van der Waals surface area contributed by atoms with E-state index in [2.05, 4.69) is 5.32 Å². The van der Waals surface area contributed by atoms with E-state index in [1.54, 1.807) is 18.7 Å². The minimum absolute atomic E-state index is 0.0149. The van der Waals surface area contributed by atoms with Crippen molar-refractivity contribution in [1.82, 2.24) is 10.2 Å². The number of likely N-dealkylation sites (tertiary alicyclic amines) is 1. The number of amides is 1. The molecule has 7 heteroatoms. The number of rotatable bonds is 8. The summed E-state index contributed by atoms with van der Waals surface area (Å²) in [6, 6.07) is -1.86. The number of carboxylic acid groups (broad SMARTS) is 1. The molecular weight excluding hydrogens is 348 g/mol. The second kappa shape index (κ2) is 8.59. The highest BCUT2D eigenvalue weighted by molar-refractivity contribution is 5.88. The number of nitrogens with zero attached hydrogens (tertiary/aromatic N) is 1. The van der Waals surface area contributed by atoms with Gasteiger partial charge >= 0.3 is 11.9 Å². The molecule has 1 aliphatic heterocycles. The minimum atomic E-state index is -0.926. The van der Waals surface area contributed by atoms with Crippen molar-refractivity contribution < 1.29 is 24.2 Å². The van der Waals surface area contributed by atoms with Crippen molar-refractivity contribution in [3.05, 3.63) is 0 Å². The standard InChI is InChI=1S/C20H32N2O5/c1-3-27-20(26)15(10-13-8-9-13)21-12(2)18(23)22-16-7-5-4-6-14(16)11-17(22)19(24)25/h12-17,21H,3-11H2,1-2H3,(H,24,25)/t12-,14?,15?,16?,17-/m0/s1. The Morgan fingerprint density at radius 1 is 1.19 bits per heavy atom. The lowest BCUT2D eigenvalue weighted by molar-refractivity contribution is -0.152. The SMILES string of the molecule is CCOC(=O)C(CC1CC1)N[C@@H](C)C(=O)N1C2CCCCC2C[C@H]1C(=O)O. The highest BCUT2D eigenvalue weighted by Gasteiger charge is 2.48. The van der Waals surface area contributed by atoms with E-state index in [1.807, 2.05) is 0 Å². The van der Waals surface area contributed by atoms with Crippen LogP contribution in [0.4, 0.5) is 0 Å². The summed E-state index contributed by atoms with van der Waals surface area (Å²) in [7, 11) is 0. The van der Waals surface area contributed by atoms with Crippen molar-refractivity contribution in [3.63, 3.8) is 0 Å². The molecule has 152 valence electrons. The normalized spacial score (nSPS) is 29.7. The van der Waals surface area contributed by atoms with Gasteiger partial charge in [-0.1, -0.05) is 25.7 Å². The molecule has 7 nitrogen and oxygen atoms in total. The molecular formula is C20H32N2O5. The molecule has 0 radical (unpaired) electrons. The van der Waals surface area contributed by atoms with E-state index in [0.29, 0.717) is 25.4 Å². The fraction of sp³-hybridized carbons (Fsp3) is 0.850. The van der Waals surface area contributed by atoms with Crippen LogP contribution >= 0.6 is 0 Å². The fourth-order valence-electron chi connectivity index (χ4n) is 4.76. The summed E-state index contributed by atoms with van der Waals surface area (Å²) in [5, 5.41) is 12.8. The molecule has 0 aromatic heterocycles. The first-order chi connectivity index (χ1) is 12.9. The van der Waals surface area contributed by atoms with E-state index < -0.39 is 24.1 Å². The van der Waals surface area contributed by atoms with Gasteiger partial charge in [-0.3, -0.25) is 14.9 Å². The number of carbonyl (C=O) groups excluding carboxylic acids is 2. The lowest BCUT2D eigenvalue weighted by Crippen LogP contribution is -2.55. The zero-order chi connectivity index (χ0) is 19.6. The van der Waals surface area contributed by atoms with Crippen LogP contribution in [0.25, 0.3) is 0 Å². The van der Waals surface area contributed by atoms with Gasteiger partial charge in [0.25, 0.3) is 0 Å². The van der Waals surface area contributed by atoms with E-state index in [0.717, 1.165) is 38.5 Å². The number of ether oxygens (including phenoxy) is 1. The first-order valence-electron chi connectivity index (χ1n) is 10.4. The summed E-state index contributed by atoms with van der Waals surface area (Å²) in [4.78, 5) is 38.8. The number of fused-ring (bicyclic) bond motifs is 1. The van der Waals surface area contributed by atoms with Crippen molar-refractivity contribution in [2.24, 2.45) is 11.8 Å². The quantitative estimate of drug-likeness (QED) is 0.625. The van der Waals surface area contributed by atoms with Crippen LogP contribution in [0.1, 0.15) is 65.2 Å². The second-order valence-corrected chi connectivity index (χ2v) is 8.32. The van der Waals surface area contributed by atoms with Gasteiger partial charge in [0, 0.05) is 6.04 Å². The summed E-state index contributed by atoms with van der Waals surface area (Å²) < 4.78 is 5.16. The molecule has 2 saturated carbocycles. The third kappa shape index (κ3) is 4.62. The first kappa shape index (κ1) is 20.1. The monoisotopic (exact) mass is 380 g/mol. The maximum atomic E-state index is 13.2. The van der Waals surface area contributed by atoms with Crippen LogP contribution in [-0.4, -0.2) is 58.6 Å². The van der Waals surface area contributed by atoms with E-state index >= 15 is 0 Å². The molecule has 3 unspecified atom stereocenters. The van der Waals surface area contributed by atoms with Gasteiger partial charge in [0.1, 0.15) is 12.1 Å². The molecule has 3 rings (SSSR count). The predicted octanol–water partition coefficient (Wildman–Crippen LogP) is 1.94. The van der Waals surface area contributed by atoms with E-state index in [1.165, 1.54) is 0 Å². The number of aliphatic carboxylic acids is 1. The van der Waals surface area contributed by atoms with Crippen LogP contribution in [0.5, 0.6) is 0 Å². The Morgan fingerprint density at radius 3 is 2.52 bits per heavy atom. The van der Waals surface area contributed by atoms with Crippen molar-refractivity contribution in [2.45, 2.75) is 89.4 Å². The zero-order valence-electron chi connectivity index (χ0n) is 16.4. The fourth-order valence-corrected chi connectivity index (χ4v) is 4.76. The topological polar surface area (TPSA) is 95.9 Å². The number of hydrogen-bond acceptors (Lipinski definition) is 5. The van der Waals surface area contributed by atoms with E-state index in [-0.39, 0.29) is 23.8 Å². The average molecular weight is 380 g/mol. The van der Waals surface area contributed by atoms with Crippen molar-refractivity contribution >= 4 is 17.8 Å². The molecule has 1 amide bonds. The van der Waals surface area contributed by atoms with Gasteiger partial charge in [-0.15, -0.1) is 0 Å². The molecule has 1 saturated heterocycles. The number of esters is 1. The van der Waals surface area contributed by atoms with Crippen molar-refractivity contribution in [2.75, 3.05) is 6.61 Å². The Kier molecular flexibility index (Phi) is 6.40. The number of hydrogen-bond donors (Lipinski definition) is 2. The van der Waals surface area contributed by atoms with Gasteiger partial charge < -0.3 is 14.7 Å². The maximum absolute atomic E-state index is 13.2. The number of carboxylic acids is 1. The number of carbonyl (C=O) groups is 3. The summed E-state index contributed by atoms with van der Waals surface area (Å²) in [6.07, 6.45) is 7.44. The lowest BCUT2D eigenvalue weighted by Gasteiger charge is -2.35. The Bertz CT molecular complexity index is 577. The third-order valence-corrected chi connectivity index (χ3v) is 6.29. The van der Waals surface area contributed by atoms with Crippen LogP contribution in [0.3, 0.4) is 0 Å². The molecule has 0 bridgehead atoms. The molecule has 2 N–H and O–H groups in total. The smallest absolute Gasteiger partial charge is 0.326 e. The zero-order valence-corrected chi connectivity index (χ0v) is 16.4. The Hall–Kier alpha value is -1.63. The van der Waals surface area contributed by atoms with Crippen molar-refractivity contribution in [1.29, 1.82) is 0 Å². The number of nitrogens with one attached hydrogen (secondary N) is 1. The van der Waals surface area contributed by atoms with Gasteiger partial charge in [-0.05, 0) is 51.4 Å². The van der Waals surface area contributed by atoms with Gasteiger partial charge in [0.15, 0.2) is 0 Å². The second-order valence-electron chi connectivity index (χ2n) is 8.32. The van der Waals surface area contributed by atoms with Crippen LogP contribution in [0.2, 0.25) is 0 Å². The highest BCUT2D eigenvalue weighted by Crippen LogP contribution is 2.40. The van der Waals surface area contributed by atoms with Crippen LogP contribution < -0.4 is 5.32 Å². The van der Waals surface area contributed by atoms with Gasteiger partial charge in [0.2, 0.25) is 5.91 Å². The molecule has 0 aromatic carbocycles. The third-order valence-electron chi connectivity index (χ3n) is 6.29. The molecule has 0 aromatic rings. The Balaban J connectivity index is 1.69. The predicted molar refractivity (Wildman–Crippen MR) is 99.0 cm³/mol. The van der Waals surface area contributed by atoms with Gasteiger partial charge in [-0.2, -0.15) is 0 Å². The summed E-state index contributed by atoms with van der Waals surface area (Å²) in [5.74, 6) is -0.665. The van der Waals surface area contributed by atoms with Gasteiger partial charge in [-0.25, -0.2) is 4.79 Å². The average Bonchev–Trinajstić information content (AvgIpc) is 3.37.